The Bertz CT molecular complexity index is 1120. The maximum Gasteiger partial charge on any atom is 0.225 e. The second-order valence-corrected chi connectivity index (χ2v) is 7.47. The van der Waals surface area contributed by atoms with Crippen LogP contribution in [0.1, 0.15) is 29.3 Å². The number of anilines is 1. The standard InChI is InChI=1S/C23H25FN6O/c1-15-26-9-10-30(15)21-8-7-16(11-19(21)24)13-27-23(25-2)28-14-17-12-22(31)29-20-6-4-3-5-18(17)20/h3-11,17H,12-14H2,1-2H3,(H,29,31)(H2,25,27,28). The maximum absolute atomic E-state index is 14.6. The van der Waals surface area contributed by atoms with Crippen LogP contribution in [0.3, 0.4) is 0 Å². The van der Waals surface area contributed by atoms with Gasteiger partial charge in [-0.25, -0.2) is 9.37 Å². The van der Waals surface area contributed by atoms with Gasteiger partial charge in [0.15, 0.2) is 5.96 Å². The normalized spacial score (nSPS) is 15.9. The lowest BCUT2D eigenvalue weighted by atomic mass is 9.90. The summed E-state index contributed by atoms with van der Waals surface area (Å²) in [5.74, 6) is 1.08. The summed E-state index contributed by atoms with van der Waals surface area (Å²) in [7, 11) is 1.68. The van der Waals surface area contributed by atoms with Crippen molar-refractivity contribution in [2.75, 3.05) is 18.9 Å². The number of benzene rings is 2. The molecule has 1 aliphatic heterocycles. The van der Waals surface area contributed by atoms with Gasteiger partial charge in [-0.15, -0.1) is 0 Å². The number of rotatable bonds is 5. The number of aryl methyl sites for hydroxylation is 1. The maximum atomic E-state index is 14.6. The number of halogens is 1. The largest absolute Gasteiger partial charge is 0.356 e. The van der Waals surface area contributed by atoms with Gasteiger partial charge < -0.3 is 20.5 Å². The Morgan fingerprint density at radius 2 is 2.13 bits per heavy atom. The minimum absolute atomic E-state index is 0.0112. The van der Waals surface area contributed by atoms with E-state index in [-0.39, 0.29) is 17.6 Å². The predicted molar refractivity (Wildman–Crippen MR) is 119 cm³/mol. The van der Waals surface area contributed by atoms with Crippen LogP contribution in [0, 0.1) is 12.7 Å². The van der Waals surface area contributed by atoms with Crippen LogP contribution in [0.5, 0.6) is 0 Å². The molecule has 1 aromatic heterocycles. The lowest BCUT2D eigenvalue weighted by Crippen LogP contribution is -2.40. The fraction of sp³-hybridized carbons (Fsp3) is 0.261. The van der Waals surface area contributed by atoms with E-state index in [4.69, 9.17) is 0 Å². The summed E-state index contributed by atoms with van der Waals surface area (Å²) < 4.78 is 16.3. The molecule has 31 heavy (non-hydrogen) atoms. The number of amides is 1. The van der Waals surface area contributed by atoms with Gasteiger partial charge in [-0.3, -0.25) is 9.79 Å². The smallest absolute Gasteiger partial charge is 0.225 e. The van der Waals surface area contributed by atoms with Gasteiger partial charge in [0.05, 0.1) is 5.69 Å². The zero-order valence-corrected chi connectivity index (χ0v) is 17.5. The zero-order valence-electron chi connectivity index (χ0n) is 17.5. The topological polar surface area (TPSA) is 83.3 Å². The highest BCUT2D eigenvalue weighted by molar-refractivity contribution is 5.94. The van der Waals surface area contributed by atoms with Crippen LogP contribution in [0.2, 0.25) is 0 Å². The van der Waals surface area contributed by atoms with Crippen molar-refractivity contribution in [2.45, 2.75) is 25.8 Å². The fourth-order valence-corrected chi connectivity index (χ4v) is 3.80. The Hall–Kier alpha value is -3.68. The lowest BCUT2D eigenvalue weighted by molar-refractivity contribution is -0.116. The number of carbonyl (C=O) groups excluding carboxylic acids is 1. The van der Waals surface area contributed by atoms with Gasteiger partial charge in [-0.2, -0.15) is 0 Å². The van der Waals surface area contributed by atoms with Gasteiger partial charge in [0.1, 0.15) is 11.6 Å². The van der Waals surface area contributed by atoms with E-state index in [1.165, 1.54) is 6.07 Å². The van der Waals surface area contributed by atoms with Gasteiger partial charge in [-0.1, -0.05) is 24.3 Å². The van der Waals surface area contributed by atoms with Crippen molar-refractivity contribution in [1.29, 1.82) is 0 Å². The predicted octanol–water partition coefficient (Wildman–Crippen LogP) is 3.11. The van der Waals surface area contributed by atoms with E-state index in [1.807, 2.05) is 37.3 Å². The van der Waals surface area contributed by atoms with Crippen LogP contribution in [-0.2, 0) is 11.3 Å². The van der Waals surface area contributed by atoms with E-state index in [0.717, 1.165) is 22.6 Å². The number of imidazole rings is 1. The number of para-hydroxylation sites is 1. The number of hydrogen-bond acceptors (Lipinski definition) is 3. The third kappa shape index (κ3) is 4.58. The first-order valence-electron chi connectivity index (χ1n) is 10.2. The first-order valence-corrected chi connectivity index (χ1v) is 10.2. The third-order valence-corrected chi connectivity index (χ3v) is 5.40. The van der Waals surface area contributed by atoms with Gasteiger partial charge in [0, 0.05) is 50.6 Å². The Balaban J connectivity index is 1.37. The summed E-state index contributed by atoms with van der Waals surface area (Å²) in [5, 5.41) is 9.39. The van der Waals surface area contributed by atoms with Gasteiger partial charge >= 0.3 is 0 Å². The van der Waals surface area contributed by atoms with Crippen molar-refractivity contribution in [3.05, 3.63) is 77.6 Å². The molecule has 2 heterocycles. The van der Waals surface area contributed by atoms with Crippen molar-refractivity contribution in [3.63, 3.8) is 0 Å². The summed E-state index contributed by atoms with van der Waals surface area (Å²) in [4.78, 5) is 20.4. The molecule has 4 rings (SSSR count). The fourth-order valence-electron chi connectivity index (χ4n) is 3.80. The van der Waals surface area contributed by atoms with Crippen molar-refractivity contribution >= 4 is 17.6 Å². The molecule has 1 atom stereocenters. The quantitative estimate of drug-likeness (QED) is 0.438. The molecular formula is C23H25FN6O. The van der Waals surface area contributed by atoms with Crippen LogP contribution in [0.25, 0.3) is 5.69 Å². The molecule has 2 aromatic carbocycles. The molecule has 1 amide bonds. The Morgan fingerprint density at radius 3 is 2.87 bits per heavy atom. The number of hydrogen-bond donors (Lipinski definition) is 3. The molecule has 3 aromatic rings. The SMILES string of the molecule is CN=C(NCc1ccc(-n2ccnc2C)c(F)c1)NCC1CC(=O)Nc2ccccc21. The minimum Gasteiger partial charge on any atom is -0.356 e. The van der Waals surface area contributed by atoms with Crippen molar-refractivity contribution in [2.24, 2.45) is 4.99 Å². The number of aromatic nitrogens is 2. The first-order chi connectivity index (χ1) is 15.0. The number of fused-ring (bicyclic) bond motifs is 1. The summed E-state index contributed by atoms with van der Waals surface area (Å²) in [6, 6.07) is 13.0. The zero-order chi connectivity index (χ0) is 21.8. The second-order valence-electron chi connectivity index (χ2n) is 7.47. The molecule has 1 aliphatic rings. The van der Waals surface area contributed by atoms with Crippen LogP contribution in [0.4, 0.5) is 10.1 Å². The second kappa shape index (κ2) is 8.99. The number of nitrogens with zero attached hydrogens (tertiary/aromatic N) is 3. The molecule has 0 radical (unpaired) electrons. The monoisotopic (exact) mass is 420 g/mol. The Kier molecular flexibility index (Phi) is 5.97. The molecule has 3 N–H and O–H groups in total. The number of guanidine groups is 1. The lowest BCUT2D eigenvalue weighted by Gasteiger charge is -2.26. The molecule has 0 fully saturated rings. The van der Waals surface area contributed by atoms with Crippen molar-refractivity contribution < 1.29 is 9.18 Å². The van der Waals surface area contributed by atoms with E-state index >= 15 is 0 Å². The minimum atomic E-state index is -0.312. The molecule has 0 aliphatic carbocycles. The van der Waals surface area contributed by atoms with E-state index < -0.39 is 0 Å². The van der Waals surface area contributed by atoms with Gasteiger partial charge in [0.2, 0.25) is 5.91 Å². The molecule has 8 heteroatoms. The molecule has 0 saturated heterocycles. The molecule has 0 bridgehead atoms. The van der Waals surface area contributed by atoms with E-state index in [1.54, 1.807) is 30.1 Å². The highest BCUT2D eigenvalue weighted by Gasteiger charge is 2.24. The van der Waals surface area contributed by atoms with E-state index in [0.29, 0.717) is 31.2 Å². The molecular weight excluding hydrogens is 395 g/mol. The Morgan fingerprint density at radius 1 is 1.29 bits per heavy atom. The third-order valence-electron chi connectivity index (χ3n) is 5.40. The molecule has 1 unspecified atom stereocenters. The Labute approximate surface area is 180 Å². The van der Waals surface area contributed by atoms with E-state index in [9.17, 15) is 9.18 Å². The molecule has 0 saturated carbocycles. The summed E-state index contributed by atoms with van der Waals surface area (Å²) in [6.45, 7) is 2.82. The van der Waals surface area contributed by atoms with Crippen molar-refractivity contribution in [1.82, 2.24) is 20.2 Å². The summed E-state index contributed by atoms with van der Waals surface area (Å²) >= 11 is 0. The van der Waals surface area contributed by atoms with Crippen LogP contribution in [0.15, 0.2) is 59.9 Å². The number of carbonyl (C=O) groups is 1. The van der Waals surface area contributed by atoms with Crippen LogP contribution in [-0.4, -0.2) is 35.0 Å². The van der Waals surface area contributed by atoms with Crippen molar-refractivity contribution in [3.8, 4) is 5.69 Å². The number of nitrogens with one attached hydrogen (secondary N) is 3. The van der Waals surface area contributed by atoms with E-state index in [2.05, 4.69) is 25.9 Å². The molecule has 7 nitrogen and oxygen atoms in total. The first kappa shape index (κ1) is 20.6. The molecule has 160 valence electrons. The average Bonchev–Trinajstić information content (AvgIpc) is 3.19. The van der Waals surface area contributed by atoms with Gasteiger partial charge in [0.25, 0.3) is 0 Å². The highest BCUT2D eigenvalue weighted by atomic mass is 19.1. The van der Waals surface area contributed by atoms with Crippen LogP contribution < -0.4 is 16.0 Å². The van der Waals surface area contributed by atoms with Gasteiger partial charge in [-0.05, 0) is 36.2 Å². The molecule has 0 spiro atoms. The summed E-state index contributed by atoms with van der Waals surface area (Å²) in [6.07, 6.45) is 3.80. The highest BCUT2D eigenvalue weighted by Crippen LogP contribution is 2.31. The van der Waals surface area contributed by atoms with Crippen LogP contribution >= 0.6 is 0 Å². The average molecular weight is 420 g/mol. The summed E-state index contributed by atoms with van der Waals surface area (Å²) in [5.41, 5.74) is 3.23. The number of aliphatic imine (C=N–C) groups is 1.